The summed E-state index contributed by atoms with van der Waals surface area (Å²) in [4.78, 5) is 160. The van der Waals surface area contributed by atoms with Gasteiger partial charge in [0.15, 0.2) is 5.78 Å². The lowest BCUT2D eigenvalue weighted by Gasteiger charge is -2.32. The highest BCUT2D eigenvalue weighted by molar-refractivity contribution is 7.85. The second-order valence-corrected chi connectivity index (χ2v) is 26.4. The van der Waals surface area contributed by atoms with Crippen LogP contribution in [0.5, 0.6) is 5.75 Å². The van der Waals surface area contributed by atoms with E-state index in [1.165, 1.54) is 6.92 Å². The van der Waals surface area contributed by atoms with Crippen LogP contribution in [0, 0.1) is 11.8 Å². The molecule has 9 rings (SSSR count). The number of fused-ring (bicyclic) bond motifs is 10. The fraction of sp³-hybridized carbons (Fsp3) is 0.515. The number of rotatable bonds is 18. The van der Waals surface area contributed by atoms with Gasteiger partial charge in [-0.1, -0.05) is 96.3 Å². The number of amides is 10. The molecule has 31 heteroatoms. The van der Waals surface area contributed by atoms with Crippen molar-refractivity contribution in [2.24, 2.45) is 17.6 Å². The number of ether oxygens (including phenoxy) is 1. The Hall–Kier alpha value is -9.46. The molecule has 4 aliphatic rings. The number of hydrogen-bond donors (Lipinski definition) is 13. The summed E-state index contributed by atoms with van der Waals surface area (Å²) in [5.41, 5.74) is 10.5. The number of carbonyl (C=O) groups excluding carboxylic acids is 11. The fourth-order valence-corrected chi connectivity index (χ4v) is 13.9. The number of anilines is 1. The summed E-state index contributed by atoms with van der Waals surface area (Å²) in [5.74, 6) is -11.1. The van der Waals surface area contributed by atoms with Crippen molar-refractivity contribution in [1.82, 2.24) is 62.5 Å². The Bertz CT molecular complexity index is 3820. The van der Waals surface area contributed by atoms with Crippen molar-refractivity contribution in [3.8, 4) is 28.3 Å². The van der Waals surface area contributed by atoms with Crippen LogP contribution in [0.4, 0.5) is 5.69 Å². The van der Waals surface area contributed by atoms with E-state index in [9.17, 15) is 68.1 Å². The molecule has 0 spiro atoms. The third-order valence-electron chi connectivity index (χ3n) is 18.1. The van der Waals surface area contributed by atoms with E-state index in [1.54, 1.807) is 36.9 Å². The quantitative estimate of drug-likeness (QED) is 0.0551. The topological polar surface area (TPSA) is 449 Å². The average molecular weight is 1400 g/mol. The number of primary amides is 1. The molecule has 14 N–H and O–H groups in total. The lowest BCUT2D eigenvalue weighted by molar-refractivity contribution is -0.144. The number of nitrogens with one attached hydrogen (secondary N) is 9. The number of aliphatic hydroxyl groups is 3. The zero-order valence-corrected chi connectivity index (χ0v) is 57.0. The summed E-state index contributed by atoms with van der Waals surface area (Å²) in [7, 11) is -2.39. The van der Waals surface area contributed by atoms with Gasteiger partial charge in [0.1, 0.15) is 52.4 Å². The summed E-state index contributed by atoms with van der Waals surface area (Å²) >= 11 is 0. The molecule has 3 aromatic carbocycles. The Labute approximate surface area is 577 Å². The van der Waals surface area contributed by atoms with Gasteiger partial charge in [0.2, 0.25) is 59.1 Å². The number of hydrogen-bond acceptors (Lipinski definition) is 18. The van der Waals surface area contributed by atoms with E-state index in [0.29, 0.717) is 66.0 Å². The number of benzene rings is 3. The van der Waals surface area contributed by atoms with Gasteiger partial charge in [-0.2, -0.15) is 15.4 Å². The predicted octanol–water partition coefficient (Wildman–Crippen LogP) is 1.35. The van der Waals surface area contributed by atoms with Gasteiger partial charge >= 0.3 is 0 Å². The summed E-state index contributed by atoms with van der Waals surface area (Å²) in [6.07, 6.45) is -2.45. The molecule has 2 bridgehead atoms. The molecule has 30 nitrogen and oxygen atoms in total. The molecule has 4 aliphatic heterocycles. The van der Waals surface area contributed by atoms with Crippen molar-refractivity contribution in [2.45, 2.75) is 178 Å². The molecule has 1 fully saturated rings. The lowest BCUT2D eigenvalue weighted by Crippen LogP contribution is -2.61. The summed E-state index contributed by atoms with van der Waals surface area (Å²) in [5, 5.41) is 62.0. The average Bonchev–Trinajstić information content (AvgIpc) is 1.75. The number of para-hydroxylation sites is 1. The van der Waals surface area contributed by atoms with Crippen molar-refractivity contribution >= 4 is 92.2 Å². The molecule has 0 aliphatic carbocycles. The van der Waals surface area contributed by atoms with E-state index in [-0.39, 0.29) is 70.5 Å². The number of unbranched alkanes of at least 4 members (excludes halogenated alkanes) is 3. The van der Waals surface area contributed by atoms with E-state index < -0.39 is 169 Å². The number of carbonyl (C=O) groups is 11. The maximum atomic E-state index is 15.2. The fourth-order valence-electron chi connectivity index (χ4n) is 12.5. The molecular weight excluding hydrogens is 1300 g/mol. The van der Waals surface area contributed by atoms with E-state index in [4.69, 9.17) is 10.5 Å². The highest BCUT2D eigenvalue weighted by Gasteiger charge is 2.45. The Morgan fingerprint density at radius 2 is 1.53 bits per heavy atom. The number of aromatic nitrogens is 4. The molecule has 538 valence electrons. The van der Waals surface area contributed by atoms with Crippen LogP contribution < -0.4 is 52.6 Å². The number of H-pyrrole nitrogens is 2. The molecule has 10 amide bonds. The van der Waals surface area contributed by atoms with Crippen molar-refractivity contribution < 1.29 is 79.9 Å². The summed E-state index contributed by atoms with van der Waals surface area (Å²) in [6, 6.07) is 10.1. The Morgan fingerprint density at radius 3 is 2.26 bits per heavy atom. The Kier molecular flexibility index (Phi) is 26.9. The van der Waals surface area contributed by atoms with E-state index in [2.05, 4.69) is 57.6 Å². The van der Waals surface area contributed by atoms with Gasteiger partial charge in [-0.3, -0.25) is 56.9 Å². The van der Waals surface area contributed by atoms with Gasteiger partial charge < -0.3 is 77.8 Å². The smallest absolute Gasteiger partial charge is 0.246 e. The summed E-state index contributed by atoms with van der Waals surface area (Å²) < 4.78 is 21.4. The van der Waals surface area contributed by atoms with Crippen molar-refractivity contribution in [1.29, 1.82) is 0 Å². The van der Waals surface area contributed by atoms with Crippen LogP contribution in [0.1, 0.15) is 126 Å². The molecule has 2 unspecified atom stereocenters. The first kappa shape index (κ1) is 75.3. The number of nitrogens with zero attached hydrogens (tertiary/aromatic N) is 4. The second kappa shape index (κ2) is 35.4. The minimum Gasteiger partial charge on any atom is -0.494 e. The third-order valence-corrected chi connectivity index (χ3v) is 19.6. The van der Waals surface area contributed by atoms with Crippen molar-refractivity contribution in [2.75, 3.05) is 43.5 Å². The number of ketones is 1. The molecule has 0 saturated carbocycles. The van der Waals surface area contributed by atoms with Gasteiger partial charge in [-0.15, -0.1) is 0 Å². The first-order chi connectivity index (χ1) is 47.5. The van der Waals surface area contributed by atoms with Gasteiger partial charge in [0, 0.05) is 83.0 Å². The molecule has 99 heavy (non-hydrogen) atoms. The third kappa shape index (κ3) is 19.1. The predicted molar refractivity (Wildman–Crippen MR) is 367 cm³/mol. The second-order valence-electron chi connectivity index (χ2n) is 25.0. The lowest BCUT2D eigenvalue weighted by atomic mass is 9.92. The Balaban J connectivity index is 0.00000398. The van der Waals surface area contributed by atoms with Gasteiger partial charge in [-0.05, 0) is 54.5 Å². The van der Waals surface area contributed by atoms with Crippen LogP contribution in [0.25, 0.3) is 33.4 Å². The number of aromatic amines is 2. The zero-order chi connectivity index (χ0) is 71.6. The molecule has 0 radical (unpaired) electrons. The van der Waals surface area contributed by atoms with E-state index in [0.717, 1.165) is 28.0 Å². The van der Waals surface area contributed by atoms with Crippen LogP contribution >= 0.6 is 0 Å². The number of aliphatic hydroxyl groups excluding tert-OH is 3. The van der Waals surface area contributed by atoms with E-state index >= 15 is 4.21 Å². The van der Waals surface area contributed by atoms with Crippen LogP contribution in [0.15, 0.2) is 71.8 Å². The van der Waals surface area contributed by atoms with E-state index in [1.807, 2.05) is 62.4 Å². The van der Waals surface area contributed by atoms with Crippen LogP contribution in [-0.4, -0.2) is 197 Å². The van der Waals surface area contributed by atoms with Crippen LogP contribution in [-0.2, 0) is 76.5 Å². The first-order valence-electron chi connectivity index (χ1n) is 33.7. The molecule has 5 aromatic rings. The number of nitrogens with two attached hydrogens (primary N) is 1. The molecule has 1 saturated heterocycles. The molecule has 11 atom stereocenters. The molecular formula is C68H94N14O16S. The molecule has 6 heterocycles. The van der Waals surface area contributed by atoms with Crippen LogP contribution in [0.3, 0.4) is 0 Å². The maximum absolute atomic E-state index is 15.2. The SMILES string of the molecule is CC.CC[C@@H](C)[C@@H]1NC(=O)CNC(=O)[C@@H]2Cc3c([nH]c4cc(OCCCCCCNC(=O)CCC(=O)N5Cc6ccccc6-c6n[nH]nc6-c6ccccc65)ccc34)S(=O)C[C@@H](NC(=O)CCCC1=O)C(=O)N[C@@H](CC(N)=O)C(=O)N1C[C@H](O)CC1C(=O)N[C@@H]([C@@H](C)[C@@H](O)CO)C(=O)N2.[HH].[HH]. The Morgan fingerprint density at radius 1 is 0.808 bits per heavy atom. The van der Waals surface area contributed by atoms with Crippen molar-refractivity contribution in [3.63, 3.8) is 0 Å². The largest absolute Gasteiger partial charge is 0.494 e. The highest BCUT2D eigenvalue weighted by atomic mass is 32.2. The molecule has 2 aromatic heterocycles. The van der Waals surface area contributed by atoms with Gasteiger partial charge in [0.05, 0.1) is 78.7 Å². The first-order valence-corrected chi connectivity index (χ1v) is 35.0. The van der Waals surface area contributed by atoms with Crippen molar-refractivity contribution in [3.05, 3.63) is 77.9 Å². The zero-order valence-electron chi connectivity index (χ0n) is 56.2. The standard InChI is InChI=1S/C66H84N14O16S.C2H6.2H2/c1-4-35(2)57-50(83)18-13-19-54(87)70-47-34-97(95)65-43(28-45(61(90)69-30-55(88)74-57)71-64(93)58(36(3)51(84)33-81)75-63(92)49-26-38(82)32-80(49)66(94)46(29-52(67)85)72-62(47)91)41-21-20-39(27-44(41)73-65)96-25-12-6-5-11-24-68-53(86)22-23-56(89)79-31-37-14-7-8-15-40(37)59-60(77-78-76-59)42-16-9-10-17-48(42)79;1-2;;/h7-10,14-17,20-21,27,35-36,38,45-47,49,51,57-58,73,81-82,84H,4-6,11-13,18-19,22-26,28-34H2,1-3H3,(H2,67,85)(H,68,86)(H,69,90)(H,70,87)(H,71,93)(H,72,91)(H,74,88)(H,75,92)(H,76,77,78);1-2H3;2*1H/t35-,36+,38-,45+,46+,47-,49?,51+,57+,58+,97?;;;/m1.../s1. The number of Topliss-reactive ketones (excluding diaryl/α,β-unsaturated/α-hetero) is 1. The highest BCUT2D eigenvalue weighted by Crippen LogP contribution is 2.40. The monoisotopic (exact) mass is 1390 g/mol. The minimum absolute atomic E-state index is 0. The van der Waals surface area contributed by atoms with Gasteiger partial charge in [0.25, 0.3) is 0 Å². The maximum Gasteiger partial charge on any atom is 0.246 e. The normalized spacial score (nSPS) is 22.9. The minimum atomic E-state index is -2.39. The summed E-state index contributed by atoms with van der Waals surface area (Å²) in [6.45, 7) is 7.58. The van der Waals surface area contributed by atoms with Gasteiger partial charge in [-0.25, -0.2) is 0 Å². The van der Waals surface area contributed by atoms with Crippen LogP contribution in [0.2, 0.25) is 0 Å².